The van der Waals surface area contributed by atoms with Crippen molar-refractivity contribution >= 4 is 10.9 Å². The Kier molecular flexibility index (Phi) is 2.73. The second kappa shape index (κ2) is 4.27. The Morgan fingerprint density at radius 3 is 2.78 bits per heavy atom. The van der Waals surface area contributed by atoms with Crippen molar-refractivity contribution in [1.82, 2.24) is 4.57 Å². The number of pyridine rings is 1. The van der Waals surface area contributed by atoms with E-state index in [4.69, 9.17) is 5.41 Å². The van der Waals surface area contributed by atoms with Crippen LogP contribution in [0.25, 0.3) is 10.9 Å². The fourth-order valence-electron chi connectivity index (χ4n) is 2.95. The maximum absolute atomic E-state index is 8.28. The number of benzene rings is 1. The first-order chi connectivity index (χ1) is 8.70. The number of rotatable bonds is 3. The number of aryl methyl sites for hydroxylation is 1. The Morgan fingerprint density at radius 2 is 2.06 bits per heavy atom. The van der Waals surface area contributed by atoms with Crippen LogP contribution in [0.2, 0.25) is 0 Å². The van der Waals surface area contributed by atoms with Gasteiger partial charge in [0.05, 0.1) is 0 Å². The van der Waals surface area contributed by atoms with Crippen LogP contribution in [0.4, 0.5) is 0 Å². The van der Waals surface area contributed by atoms with E-state index >= 15 is 0 Å². The first-order valence-corrected chi connectivity index (χ1v) is 6.84. The van der Waals surface area contributed by atoms with Gasteiger partial charge in [-0.2, -0.15) is 0 Å². The number of aromatic nitrogens is 1. The van der Waals surface area contributed by atoms with E-state index in [2.05, 4.69) is 41.8 Å². The molecular weight excluding hydrogens is 220 g/mol. The Labute approximate surface area is 108 Å². The Morgan fingerprint density at radius 1 is 1.28 bits per heavy atom. The van der Waals surface area contributed by atoms with Crippen molar-refractivity contribution in [2.24, 2.45) is 11.8 Å². The van der Waals surface area contributed by atoms with Crippen molar-refractivity contribution in [1.29, 1.82) is 5.41 Å². The Balaban J connectivity index is 2.08. The molecule has 1 aromatic heterocycles. The minimum Gasteiger partial charge on any atom is -0.326 e. The third-order valence-electron chi connectivity index (χ3n) is 4.25. The molecule has 0 saturated heterocycles. The second-order valence-electron chi connectivity index (χ2n) is 5.51. The van der Waals surface area contributed by atoms with Crippen molar-refractivity contribution in [3.05, 3.63) is 41.4 Å². The van der Waals surface area contributed by atoms with Crippen molar-refractivity contribution in [3.63, 3.8) is 0 Å². The quantitative estimate of drug-likeness (QED) is 0.851. The Hall–Kier alpha value is -1.57. The molecule has 18 heavy (non-hydrogen) atoms. The first kappa shape index (κ1) is 11.5. The van der Waals surface area contributed by atoms with Gasteiger partial charge in [0, 0.05) is 12.1 Å². The van der Waals surface area contributed by atoms with Crippen molar-refractivity contribution in [2.45, 2.75) is 33.2 Å². The zero-order chi connectivity index (χ0) is 12.7. The van der Waals surface area contributed by atoms with E-state index in [0.717, 1.165) is 23.9 Å². The Bertz CT molecular complexity index is 639. The molecule has 0 radical (unpaired) electrons. The van der Waals surface area contributed by atoms with Gasteiger partial charge in [0.15, 0.2) is 0 Å². The van der Waals surface area contributed by atoms with Gasteiger partial charge in [-0.25, -0.2) is 0 Å². The number of hydrogen-bond donors (Lipinski definition) is 1. The summed E-state index contributed by atoms with van der Waals surface area (Å²) in [7, 11) is 0. The number of para-hydroxylation sites is 1. The van der Waals surface area contributed by atoms with Crippen LogP contribution in [0.15, 0.2) is 30.3 Å². The molecule has 2 unspecified atom stereocenters. The number of nitrogens with one attached hydrogen (secondary N) is 1. The van der Waals surface area contributed by atoms with Crippen LogP contribution >= 0.6 is 0 Å². The van der Waals surface area contributed by atoms with Crippen molar-refractivity contribution in [2.75, 3.05) is 0 Å². The molecule has 94 valence electrons. The summed E-state index contributed by atoms with van der Waals surface area (Å²) in [6, 6.07) is 10.5. The summed E-state index contributed by atoms with van der Waals surface area (Å²) in [6.07, 6.45) is 2.62. The van der Waals surface area contributed by atoms with E-state index in [1.54, 1.807) is 0 Å². The molecule has 2 aromatic rings. The maximum atomic E-state index is 8.28. The standard InChI is InChI=1S/C16H20N2/c1-3-12-9-14(12)10-18-15-7-5-4-6-13(15)8-11(2)16(18)17/h4-8,12,14,17H,3,9-10H2,1-2H3. The summed E-state index contributed by atoms with van der Waals surface area (Å²) in [5.41, 5.74) is 2.95. The summed E-state index contributed by atoms with van der Waals surface area (Å²) in [4.78, 5) is 0. The van der Waals surface area contributed by atoms with Gasteiger partial charge in [-0.05, 0) is 48.3 Å². The molecule has 1 N–H and O–H groups in total. The van der Waals surface area contributed by atoms with Crippen LogP contribution < -0.4 is 5.49 Å². The zero-order valence-electron chi connectivity index (χ0n) is 11.1. The van der Waals surface area contributed by atoms with E-state index in [1.165, 1.54) is 23.7 Å². The molecule has 1 fully saturated rings. The van der Waals surface area contributed by atoms with E-state index in [1.807, 2.05) is 6.92 Å². The molecule has 0 aliphatic heterocycles. The molecule has 3 rings (SSSR count). The average molecular weight is 240 g/mol. The number of fused-ring (bicyclic) bond motifs is 1. The molecule has 0 bridgehead atoms. The van der Waals surface area contributed by atoms with E-state index in [-0.39, 0.29) is 0 Å². The van der Waals surface area contributed by atoms with Crippen LogP contribution in [-0.4, -0.2) is 4.57 Å². The van der Waals surface area contributed by atoms with Gasteiger partial charge in [0.25, 0.3) is 0 Å². The van der Waals surface area contributed by atoms with Gasteiger partial charge in [-0.1, -0.05) is 31.5 Å². The summed E-state index contributed by atoms with van der Waals surface area (Å²) in [6.45, 7) is 5.32. The van der Waals surface area contributed by atoms with Gasteiger partial charge in [0.1, 0.15) is 5.49 Å². The lowest BCUT2D eigenvalue weighted by Crippen LogP contribution is -2.23. The summed E-state index contributed by atoms with van der Waals surface area (Å²) < 4.78 is 2.20. The lowest BCUT2D eigenvalue weighted by atomic mass is 10.1. The highest BCUT2D eigenvalue weighted by Gasteiger charge is 2.35. The highest BCUT2D eigenvalue weighted by molar-refractivity contribution is 5.79. The molecule has 1 saturated carbocycles. The topological polar surface area (TPSA) is 28.8 Å². The molecule has 1 aliphatic carbocycles. The molecule has 1 aliphatic rings. The van der Waals surface area contributed by atoms with Gasteiger partial charge in [-0.15, -0.1) is 0 Å². The lowest BCUT2D eigenvalue weighted by Gasteiger charge is -2.13. The average Bonchev–Trinajstić information content (AvgIpc) is 3.13. The van der Waals surface area contributed by atoms with Gasteiger partial charge in [-0.3, -0.25) is 5.41 Å². The van der Waals surface area contributed by atoms with Crippen molar-refractivity contribution < 1.29 is 0 Å². The predicted octanol–water partition coefficient (Wildman–Crippen LogP) is 3.48. The first-order valence-electron chi connectivity index (χ1n) is 6.84. The third-order valence-corrected chi connectivity index (χ3v) is 4.25. The third kappa shape index (κ3) is 1.86. The molecule has 2 heteroatoms. The van der Waals surface area contributed by atoms with Crippen molar-refractivity contribution in [3.8, 4) is 0 Å². The molecule has 1 heterocycles. The van der Waals surface area contributed by atoms with Gasteiger partial charge >= 0.3 is 0 Å². The monoisotopic (exact) mass is 240 g/mol. The summed E-state index contributed by atoms with van der Waals surface area (Å²) in [5.74, 6) is 1.67. The maximum Gasteiger partial charge on any atom is 0.128 e. The van der Waals surface area contributed by atoms with Gasteiger partial charge in [0.2, 0.25) is 0 Å². The second-order valence-corrected chi connectivity index (χ2v) is 5.51. The zero-order valence-corrected chi connectivity index (χ0v) is 11.1. The summed E-state index contributed by atoms with van der Waals surface area (Å²) >= 11 is 0. The SMILES string of the molecule is CCC1CC1Cn1c(=N)c(C)cc2ccccc21. The fraction of sp³-hybridized carbons (Fsp3) is 0.438. The molecule has 0 spiro atoms. The smallest absolute Gasteiger partial charge is 0.128 e. The molecule has 2 atom stereocenters. The van der Waals surface area contributed by atoms with E-state index in [9.17, 15) is 0 Å². The van der Waals surface area contributed by atoms with Gasteiger partial charge < -0.3 is 4.57 Å². The van der Waals surface area contributed by atoms with E-state index < -0.39 is 0 Å². The van der Waals surface area contributed by atoms with Crippen LogP contribution in [0.1, 0.15) is 25.3 Å². The highest BCUT2D eigenvalue weighted by Crippen LogP contribution is 2.42. The summed E-state index contributed by atoms with van der Waals surface area (Å²) in [5, 5.41) is 9.53. The minimum absolute atomic E-state index is 0.676. The normalized spacial score (nSPS) is 22.3. The van der Waals surface area contributed by atoms with Crippen LogP contribution in [0.3, 0.4) is 0 Å². The molecule has 0 amide bonds. The fourth-order valence-corrected chi connectivity index (χ4v) is 2.95. The molecule has 2 nitrogen and oxygen atoms in total. The van der Waals surface area contributed by atoms with Crippen LogP contribution in [0, 0.1) is 24.2 Å². The van der Waals surface area contributed by atoms with Crippen LogP contribution in [-0.2, 0) is 6.54 Å². The number of nitrogens with zero attached hydrogens (tertiary/aromatic N) is 1. The lowest BCUT2D eigenvalue weighted by molar-refractivity contribution is 0.561. The molecular formula is C16H20N2. The number of hydrogen-bond acceptors (Lipinski definition) is 1. The highest BCUT2D eigenvalue weighted by atomic mass is 15.0. The minimum atomic E-state index is 0.676. The molecule has 1 aromatic carbocycles. The largest absolute Gasteiger partial charge is 0.326 e. The predicted molar refractivity (Wildman–Crippen MR) is 74.4 cm³/mol. The van der Waals surface area contributed by atoms with E-state index in [0.29, 0.717) is 5.49 Å². The van der Waals surface area contributed by atoms with Crippen LogP contribution in [0.5, 0.6) is 0 Å².